The number of aromatic amines is 1. The summed E-state index contributed by atoms with van der Waals surface area (Å²) in [5, 5.41) is 0. The molecule has 0 amide bonds. The number of aromatic nitrogens is 4. The molecule has 0 aliphatic heterocycles. The average Bonchev–Trinajstić information content (AvgIpc) is 2.57. The minimum absolute atomic E-state index is 0. The van der Waals surface area contributed by atoms with E-state index in [2.05, 4.69) is 19.9 Å². The summed E-state index contributed by atoms with van der Waals surface area (Å²) >= 11 is 0. The largest absolute Gasteiger partial charge is 0.342 e. The molecule has 0 radical (unpaired) electrons. The Hall–Kier alpha value is -1.45. The molecule has 2 aromatic heterocycles. The van der Waals surface area contributed by atoms with Crippen molar-refractivity contribution in [1.82, 2.24) is 19.9 Å². The predicted octanol–water partition coefficient (Wildman–Crippen LogP) is 1.93. The smallest absolute Gasteiger partial charge is 0.180 e. The van der Waals surface area contributed by atoms with Gasteiger partial charge in [-0.1, -0.05) is 13.8 Å². The molecule has 1 N–H and O–H groups in total. The highest BCUT2D eigenvalue weighted by Crippen LogP contribution is 2.06. The molecule has 0 bridgehead atoms. The summed E-state index contributed by atoms with van der Waals surface area (Å²) in [7, 11) is 0. The van der Waals surface area contributed by atoms with Crippen molar-refractivity contribution in [2.24, 2.45) is 0 Å². The van der Waals surface area contributed by atoms with Crippen LogP contribution in [-0.4, -0.2) is 19.9 Å². The van der Waals surface area contributed by atoms with Crippen LogP contribution in [0.1, 0.15) is 21.0 Å². The Labute approximate surface area is 72.6 Å². The number of rotatable bonds is 0. The number of fused-ring (bicyclic) bond motifs is 1. The van der Waals surface area contributed by atoms with Crippen LogP contribution >= 0.6 is 0 Å². The van der Waals surface area contributed by atoms with E-state index in [1.54, 1.807) is 6.33 Å². The molecule has 4 nitrogen and oxygen atoms in total. The molecule has 0 atom stereocenters. The van der Waals surface area contributed by atoms with Crippen LogP contribution in [-0.2, 0) is 0 Å². The molecule has 0 saturated heterocycles. The molecule has 0 saturated carbocycles. The second-order valence-corrected chi connectivity index (χ2v) is 2.06. The Balaban J connectivity index is 0.000000451. The van der Waals surface area contributed by atoms with Gasteiger partial charge in [0, 0.05) is 1.43 Å². The molecule has 12 heavy (non-hydrogen) atoms. The maximum atomic E-state index is 4.00. The Morgan fingerprint density at radius 1 is 1.25 bits per heavy atom. The zero-order valence-corrected chi connectivity index (χ0v) is 7.50. The Morgan fingerprint density at radius 3 is 2.67 bits per heavy atom. The summed E-state index contributed by atoms with van der Waals surface area (Å²) in [6, 6.07) is 0. The molecule has 0 fully saturated rings. The first-order valence-electron chi connectivity index (χ1n) is 3.98. The van der Waals surface area contributed by atoms with E-state index in [1.165, 1.54) is 6.33 Å². The van der Waals surface area contributed by atoms with E-state index in [1.807, 2.05) is 20.8 Å². The fourth-order valence-corrected chi connectivity index (χ4v) is 0.886. The van der Waals surface area contributed by atoms with Gasteiger partial charge in [0.2, 0.25) is 0 Å². The molecule has 0 aromatic carbocycles. The summed E-state index contributed by atoms with van der Waals surface area (Å²) in [5.74, 6) is 0. The quantitative estimate of drug-likeness (QED) is 0.650. The first kappa shape index (κ1) is 8.64. The van der Waals surface area contributed by atoms with E-state index in [4.69, 9.17) is 0 Å². The SMILES string of the molecule is CC.Cc1ncnc2nc[nH]c12.[HH]. The van der Waals surface area contributed by atoms with Gasteiger partial charge in [-0.2, -0.15) is 0 Å². The Bertz CT molecular complexity index is 358. The molecular formula is C8H14N4. The molecule has 4 heteroatoms. The predicted molar refractivity (Wildman–Crippen MR) is 49.9 cm³/mol. The zero-order valence-electron chi connectivity index (χ0n) is 7.50. The van der Waals surface area contributed by atoms with Crippen molar-refractivity contribution in [1.29, 1.82) is 0 Å². The van der Waals surface area contributed by atoms with Crippen LogP contribution in [0.15, 0.2) is 12.7 Å². The first-order chi connectivity index (χ1) is 5.88. The summed E-state index contributed by atoms with van der Waals surface area (Å²) in [6.45, 7) is 5.92. The molecule has 0 unspecified atom stereocenters. The van der Waals surface area contributed by atoms with E-state index in [-0.39, 0.29) is 1.43 Å². The summed E-state index contributed by atoms with van der Waals surface area (Å²) in [5.41, 5.74) is 2.58. The summed E-state index contributed by atoms with van der Waals surface area (Å²) in [4.78, 5) is 14.9. The van der Waals surface area contributed by atoms with Crippen molar-refractivity contribution >= 4 is 11.2 Å². The fraction of sp³-hybridized carbons (Fsp3) is 0.375. The molecule has 2 aromatic rings. The van der Waals surface area contributed by atoms with Gasteiger partial charge >= 0.3 is 0 Å². The number of nitrogens with zero attached hydrogens (tertiary/aromatic N) is 3. The zero-order chi connectivity index (χ0) is 8.97. The molecule has 0 aliphatic rings. The second-order valence-electron chi connectivity index (χ2n) is 2.06. The maximum absolute atomic E-state index is 4.00. The van der Waals surface area contributed by atoms with E-state index < -0.39 is 0 Å². The van der Waals surface area contributed by atoms with Crippen LogP contribution in [0, 0.1) is 6.92 Å². The van der Waals surface area contributed by atoms with Gasteiger partial charge in [0.05, 0.1) is 12.0 Å². The molecule has 2 heterocycles. The van der Waals surface area contributed by atoms with E-state index in [9.17, 15) is 0 Å². The third kappa shape index (κ3) is 1.42. The lowest BCUT2D eigenvalue weighted by Gasteiger charge is -1.89. The molecule has 66 valence electrons. The van der Waals surface area contributed by atoms with Crippen LogP contribution in [0.5, 0.6) is 0 Å². The topological polar surface area (TPSA) is 54.5 Å². The minimum Gasteiger partial charge on any atom is -0.342 e. The van der Waals surface area contributed by atoms with Crippen molar-refractivity contribution in [3.8, 4) is 0 Å². The number of nitrogens with one attached hydrogen (secondary N) is 1. The van der Waals surface area contributed by atoms with Gasteiger partial charge in [-0.15, -0.1) is 0 Å². The van der Waals surface area contributed by atoms with Gasteiger partial charge in [-0.25, -0.2) is 15.0 Å². The van der Waals surface area contributed by atoms with Crippen molar-refractivity contribution in [3.05, 3.63) is 18.3 Å². The first-order valence-corrected chi connectivity index (χ1v) is 3.98. The average molecular weight is 166 g/mol. The normalized spacial score (nSPS) is 9.25. The van der Waals surface area contributed by atoms with Gasteiger partial charge in [0.25, 0.3) is 0 Å². The third-order valence-corrected chi connectivity index (χ3v) is 1.41. The Morgan fingerprint density at radius 2 is 2.00 bits per heavy atom. The highest BCUT2D eigenvalue weighted by molar-refractivity contribution is 5.71. The highest BCUT2D eigenvalue weighted by atomic mass is 15.0. The lowest BCUT2D eigenvalue weighted by molar-refractivity contribution is 1.14. The van der Waals surface area contributed by atoms with Crippen molar-refractivity contribution < 1.29 is 1.43 Å². The van der Waals surface area contributed by atoms with Crippen LogP contribution in [0.4, 0.5) is 0 Å². The van der Waals surface area contributed by atoms with Gasteiger partial charge in [0.1, 0.15) is 11.8 Å². The van der Waals surface area contributed by atoms with Gasteiger partial charge < -0.3 is 4.98 Å². The van der Waals surface area contributed by atoms with Crippen molar-refractivity contribution in [3.63, 3.8) is 0 Å². The lowest BCUT2D eigenvalue weighted by atomic mass is 10.4. The fourth-order valence-electron chi connectivity index (χ4n) is 0.886. The standard InChI is InChI=1S/C6H6N4.C2H6.H2/c1-4-5-6(9-2-7-4)10-3-8-5;1-2;/h2-3H,1H3,(H,7,8,9,10);1-2H3;1H. The summed E-state index contributed by atoms with van der Waals surface area (Å²) in [6.07, 6.45) is 3.13. The number of aryl methyl sites for hydroxylation is 1. The Kier molecular flexibility index (Phi) is 2.74. The molecular weight excluding hydrogens is 152 g/mol. The number of H-pyrrole nitrogens is 1. The molecule has 0 aliphatic carbocycles. The minimum atomic E-state index is 0. The van der Waals surface area contributed by atoms with Crippen LogP contribution in [0.2, 0.25) is 0 Å². The number of imidazole rings is 1. The monoisotopic (exact) mass is 166 g/mol. The van der Waals surface area contributed by atoms with E-state index in [0.717, 1.165) is 16.9 Å². The highest BCUT2D eigenvalue weighted by Gasteiger charge is 1.98. The van der Waals surface area contributed by atoms with Crippen molar-refractivity contribution in [2.75, 3.05) is 0 Å². The van der Waals surface area contributed by atoms with E-state index in [0.29, 0.717) is 0 Å². The van der Waals surface area contributed by atoms with Gasteiger partial charge in [0.15, 0.2) is 5.65 Å². The summed E-state index contributed by atoms with van der Waals surface area (Å²) < 4.78 is 0. The molecule has 0 spiro atoms. The van der Waals surface area contributed by atoms with E-state index >= 15 is 0 Å². The third-order valence-electron chi connectivity index (χ3n) is 1.41. The maximum Gasteiger partial charge on any atom is 0.180 e. The van der Waals surface area contributed by atoms with Crippen molar-refractivity contribution in [2.45, 2.75) is 20.8 Å². The van der Waals surface area contributed by atoms with Crippen LogP contribution in [0.3, 0.4) is 0 Å². The lowest BCUT2D eigenvalue weighted by Crippen LogP contribution is -1.84. The van der Waals surface area contributed by atoms with Crippen LogP contribution in [0.25, 0.3) is 11.2 Å². The number of hydrogen-bond acceptors (Lipinski definition) is 3. The van der Waals surface area contributed by atoms with Gasteiger partial charge in [-0.3, -0.25) is 0 Å². The molecule has 2 rings (SSSR count). The number of hydrogen-bond donors (Lipinski definition) is 1. The van der Waals surface area contributed by atoms with Crippen LogP contribution < -0.4 is 0 Å². The second kappa shape index (κ2) is 3.80. The van der Waals surface area contributed by atoms with Gasteiger partial charge in [-0.05, 0) is 6.92 Å².